The van der Waals surface area contributed by atoms with Crippen LogP contribution in [-0.2, 0) is 19.1 Å². The van der Waals surface area contributed by atoms with Crippen molar-refractivity contribution in [1.29, 1.82) is 0 Å². The van der Waals surface area contributed by atoms with Crippen LogP contribution in [0.1, 0.15) is 51.4 Å². The predicted molar refractivity (Wildman–Crippen MR) is 73.0 cm³/mol. The van der Waals surface area contributed by atoms with Crippen molar-refractivity contribution in [1.82, 2.24) is 0 Å². The molecule has 0 aliphatic heterocycles. The molecule has 2 N–H and O–H groups in total. The Balaban J connectivity index is 3.20. The first kappa shape index (κ1) is 18.9. The lowest BCUT2D eigenvalue weighted by molar-refractivity contribution is -0.145. The molecule has 0 aliphatic rings. The van der Waals surface area contributed by atoms with Gasteiger partial charge in [0, 0.05) is 26.1 Å². The maximum Gasteiger partial charge on any atom is 0.305 e. The SMILES string of the molecule is O=C(CCCO)OCCCCCCOC(=O)CCCO. The summed E-state index contributed by atoms with van der Waals surface area (Å²) in [6.07, 6.45) is 4.84. The van der Waals surface area contributed by atoms with E-state index in [2.05, 4.69) is 0 Å². The monoisotopic (exact) mass is 290 g/mol. The van der Waals surface area contributed by atoms with Crippen molar-refractivity contribution in [3.05, 3.63) is 0 Å². The van der Waals surface area contributed by atoms with Crippen molar-refractivity contribution in [2.75, 3.05) is 26.4 Å². The van der Waals surface area contributed by atoms with Crippen molar-refractivity contribution >= 4 is 11.9 Å². The normalized spacial score (nSPS) is 10.3. The Morgan fingerprint density at radius 1 is 0.650 bits per heavy atom. The summed E-state index contributed by atoms with van der Waals surface area (Å²) in [5.41, 5.74) is 0. The first-order chi connectivity index (χ1) is 9.70. The highest BCUT2D eigenvalue weighted by Gasteiger charge is 2.02. The summed E-state index contributed by atoms with van der Waals surface area (Å²) < 4.78 is 9.95. The Labute approximate surface area is 120 Å². The summed E-state index contributed by atoms with van der Waals surface area (Å²) in [6.45, 7) is 0.819. The molecule has 0 amide bonds. The van der Waals surface area contributed by atoms with E-state index < -0.39 is 0 Å². The van der Waals surface area contributed by atoms with E-state index in [0.717, 1.165) is 25.7 Å². The van der Waals surface area contributed by atoms with Crippen molar-refractivity contribution in [2.45, 2.75) is 51.4 Å². The summed E-state index contributed by atoms with van der Waals surface area (Å²) in [7, 11) is 0. The fourth-order valence-corrected chi connectivity index (χ4v) is 1.52. The highest BCUT2D eigenvalue weighted by molar-refractivity contribution is 5.69. The Hall–Kier alpha value is -1.14. The van der Waals surface area contributed by atoms with Gasteiger partial charge in [0.05, 0.1) is 13.2 Å². The Morgan fingerprint density at radius 3 is 1.40 bits per heavy atom. The maximum atomic E-state index is 11.1. The fraction of sp³-hybridized carbons (Fsp3) is 0.857. The number of hydrogen-bond donors (Lipinski definition) is 2. The zero-order chi connectivity index (χ0) is 15.1. The number of rotatable bonds is 13. The zero-order valence-electron chi connectivity index (χ0n) is 12.0. The van der Waals surface area contributed by atoms with E-state index in [1.165, 1.54) is 0 Å². The fourth-order valence-electron chi connectivity index (χ4n) is 1.52. The minimum atomic E-state index is -0.267. The second-order valence-corrected chi connectivity index (χ2v) is 4.51. The molecule has 0 unspecified atom stereocenters. The number of carbonyl (C=O) groups excluding carboxylic acids is 2. The first-order valence-electron chi connectivity index (χ1n) is 7.23. The van der Waals surface area contributed by atoms with Crippen LogP contribution in [0.25, 0.3) is 0 Å². The third kappa shape index (κ3) is 13.3. The Morgan fingerprint density at radius 2 is 1.05 bits per heavy atom. The molecule has 0 fully saturated rings. The molecule has 20 heavy (non-hydrogen) atoms. The van der Waals surface area contributed by atoms with Crippen LogP contribution in [0.4, 0.5) is 0 Å². The van der Waals surface area contributed by atoms with E-state index in [0.29, 0.717) is 26.1 Å². The standard InChI is InChI=1S/C14H26O6/c15-9-5-7-13(17)19-11-3-1-2-4-12-20-14(18)8-6-10-16/h15-16H,1-12H2. The molecule has 6 heteroatoms. The molecule has 0 heterocycles. The highest BCUT2D eigenvalue weighted by atomic mass is 16.5. The van der Waals surface area contributed by atoms with Gasteiger partial charge in [-0.1, -0.05) is 0 Å². The lowest BCUT2D eigenvalue weighted by Gasteiger charge is -2.05. The van der Waals surface area contributed by atoms with Gasteiger partial charge in [-0.25, -0.2) is 0 Å². The molecule has 0 aromatic rings. The number of aliphatic hydroxyl groups excluding tert-OH is 2. The van der Waals surface area contributed by atoms with Gasteiger partial charge in [0.15, 0.2) is 0 Å². The molecule has 0 aromatic carbocycles. The van der Waals surface area contributed by atoms with Crippen LogP contribution in [-0.4, -0.2) is 48.6 Å². The van der Waals surface area contributed by atoms with Crippen LogP contribution < -0.4 is 0 Å². The van der Waals surface area contributed by atoms with Gasteiger partial charge in [-0.05, 0) is 38.5 Å². The van der Waals surface area contributed by atoms with Gasteiger partial charge in [0.1, 0.15) is 0 Å². The summed E-state index contributed by atoms with van der Waals surface area (Å²) in [6, 6.07) is 0. The van der Waals surface area contributed by atoms with Gasteiger partial charge in [-0.3, -0.25) is 9.59 Å². The molecule has 0 saturated carbocycles. The minimum Gasteiger partial charge on any atom is -0.466 e. The topological polar surface area (TPSA) is 93.1 Å². The highest BCUT2D eigenvalue weighted by Crippen LogP contribution is 2.02. The summed E-state index contributed by atoms with van der Waals surface area (Å²) in [5.74, 6) is -0.534. The summed E-state index contributed by atoms with van der Waals surface area (Å²) in [4.78, 5) is 22.2. The number of unbranched alkanes of at least 4 members (excludes halogenated alkanes) is 3. The molecule has 6 nitrogen and oxygen atoms in total. The van der Waals surface area contributed by atoms with Crippen molar-refractivity contribution in [2.24, 2.45) is 0 Å². The first-order valence-corrected chi connectivity index (χ1v) is 7.23. The molecule has 0 bridgehead atoms. The minimum absolute atomic E-state index is 0.00608. The van der Waals surface area contributed by atoms with E-state index >= 15 is 0 Å². The van der Waals surface area contributed by atoms with Crippen LogP contribution in [0.15, 0.2) is 0 Å². The second-order valence-electron chi connectivity index (χ2n) is 4.51. The van der Waals surface area contributed by atoms with E-state index in [-0.39, 0.29) is 38.0 Å². The molecule has 0 rings (SSSR count). The van der Waals surface area contributed by atoms with Crippen LogP contribution in [0, 0.1) is 0 Å². The number of esters is 2. The smallest absolute Gasteiger partial charge is 0.305 e. The van der Waals surface area contributed by atoms with E-state index in [1.807, 2.05) is 0 Å². The number of hydrogen-bond acceptors (Lipinski definition) is 6. The van der Waals surface area contributed by atoms with Gasteiger partial charge < -0.3 is 19.7 Å². The number of carbonyl (C=O) groups is 2. The molecular formula is C14H26O6. The maximum absolute atomic E-state index is 11.1. The van der Waals surface area contributed by atoms with E-state index in [1.54, 1.807) is 0 Å². The summed E-state index contributed by atoms with van der Waals surface area (Å²) in [5, 5.41) is 17.1. The van der Waals surface area contributed by atoms with Crippen molar-refractivity contribution < 1.29 is 29.3 Å². The quantitative estimate of drug-likeness (QED) is 0.391. The second kappa shape index (κ2) is 14.3. The molecule has 0 aromatic heterocycles. The largest absolute Gasteiger partial charge is 0.466 e. The lowest BCUT2D eigenvalue weighted by atomic mass is 10.2. The van der Waals surface area contributed by atoms with Gasteiger partial charge >= 0.3 is 11.9 Å². The van der Waals surface area contributed by atoms with Gasteiger partial charge in [0.2, 0.25) is 0 Å². The third-order valence-electron chi connectivity index (χ3n) is 2.64. The average Bonchev–Trinajstić information content (AvgIpc) is 2.45. The van der Waals surface area contributed by atoms with Crippen LogP contribution in [0.2, 0.25) is 0 Å². The third-order valence-corrected chi connectivity index (χ3v) is 2.64. The number of aliphatic hydroxyl groups is 2. The summed E-state index contributed by atoms with van der Waals surface area (Å²) >= 11 is 0. The lowest BCUT2D eigenvalue weighted by Crippen LogP contribution is -2.07. The van der Waals surface area contributed by atoms with E-state index in [9.17, 15) is 9.59 Å². The average molecular weight is 290 g/mol. The van der Waals surface area contributed by atoms with E-state index in [4.69, 9.17) is 19.7 Å². The molecule has 0 atom stereocenters. The van der Waals surface area contributed by atoms with Crippen molar-refractivity contribution in [3.8, 4) is 0 Å². The zero-order valence-corrected chi connectivity index (χ0v) is 12.0. The molecule has 0 spiro atoms. The molecule has 0 aliphatic carbocycles. The molecule has 118 valence electrons. The van der Waals surface area contributed by atoms with Gasteiger partial charge in [-0.2, -0.15) is 0 Å². The Kier molecular flexibility index (Phi) is 13.5. The van der Waals surface area contributed by atoms with Crippen LogP contribution in [0.5, 0.6) is 0 Å². The van der Waals surface area contributed by atoms with Crippen LogP contribution in [0.3, 0.4) is 0 Å². The van der Waals surface area contributed by atoms with Crippen molar-refractivity contribution in [3.63, 3.8) is 0 Å². The Bertz CT molecular complexity index is 228. The molecule has 0 saturated heterocycles. The predicted octanol–water partition coefficient (Wildman–Crippen LogP) is 1.18. The van der Waals surface area contributed by atoms with Gasteiger partial charge in [0.25, 0.3) is 0 Å². The number of ether oxygens (including phenoxy) is 2. The van der Waals surface area contributed by atoms with Crippen LogP contribution >= 0.6 is 0 Å². The van der Waals surface area contributed by atoms with Gasteiger partial charge in [-0.15, -0.1) is 0 Å². The molecular weight excluding hydrogens is 264 g/mol. The molecule has 0 radical (unpaired) electrons.